The van der Waals surface area contributed by atoms with E-state index in [9.17, 15) is 109 Å². The van der Waals surface area contributed by atoms with E-state index in [1.165, 1.54) is 6.07 Å². The number of benzene rings is 6. The molecule has 127 heavy (non-hydrogen) atoms. The van der Waals surface area contributed by atoms with Gasteiger partial charge in [-0.15, -0.1) is 12.4 Å². The second kappa shape index (κ2) is 36.2. The van der Waals surface area contributed by atoms with Gasteiger partial charge in [0.1, 0.15) is 57.2 Å². The van der Waals surface area contributed by atoms with Crippen LogP contribution < -0.4 is 43.0 Å². The monoisotopic (exact) mass is 1800 g/mol. The number of anilines is 2. The van der Waals surface area contributed by atoms with Gasteiger partial charge in [-0.2, -0.15) is 54.8 Å². The number of ether oxygens (including phenoxy) is 1. The molecule has 6 aromatic heterocycles. The quantitative estimate of drug-likeness (QED) is 0.0302. The molecular weight excluding hydrogens is 1730 g/mol. The van der Waals surface area contributed by atoms with Gasteiger partial charge in [0, 0.05) is 49.2 Å². The number of halogens is 16. The first-order valence-corrected chi connectivity index (χ1v) is 38.1. The van der Waals surface area contributed by atoms with E-state index in [4.69, 9.17) is 10.5 Å². The molecule has 0 bridgehead atoms. The molecule has 3 atom stereocenters. The molecule has 0 unspecified atom stereocenters. The van der Waals surface area contributed by atoms with Crippen molar-refractivity contribution in [3.05, 3.63) is 286 Å². The van der Waals surface area contributed by atoms with Gasteiger partial charge in [-0.05, 0) is 201 Å². The topological polar surface area (TPSA) is 367 Å². The standard InChI is InChI=1S/C31H29F5N6O4.C27H20F5N5O4.C26H21F5N6O2.ClH/c1-15-17-6-10-23(18(17)7-9-22(15)41-29(45)46-30(2,3)4)40-28(44)25-12-24(39-26-21(33)14-38-42(25)26)27(43)37-13-16-5-8-20(32)19(11-16)31(34,35)36;1-12-14-5-7-20(16(14)4-3-15(12)26(40)41)36-25(39)22-9-21(35-23-19(29)11-34-37(22)23)24(38)33-10-13-2-6-18(28)17(8-13)27(30,31)32;1-12-14-4-7-20(15(14)3-6-19(12)32)36-25(39)22-9-21(35-23-18(28)11-34-37(22)23)24(38)33-10-13-2-5-17(27)16(8-13)26(29,30)31;/h5,7-9,11-12,14,23H,6,10,13H2,1-4H3,(H,37,43)(H,40,44)(H,41,45);2-4,6,8-9,11,20H,5,7,10H2,1H3,(H,33,38)(H,36,39)(H,40,41);2-3,5-6,8-9,11,20H,4,7,10,32H2,1H3,(H,33,38)(H,36,39);1H/t23-;2*20-;/m000./s1. The number of hydrogen-bond acceptors (Lipinski definition) is 16. The summed E-state index contributed by atoms with van der Waals surface area (Å²) in [6.45, 7) is 9.42. The second-order valence-electron chi connectivity index (χ2n) is 30.3. The predicted octanol–water partition coefficient (Wildman–Crippen LogP) is 15.1. The highest BCUT2D eigenvalue weighted by Crippen LogP contribution is 2.41. The zero-order chi connectivity index (χ0) is 91.2. The van der Waals surface area contributed by atoms with Crippen molar-refractivity contribution in [2.45, 2.75) is 142 Å². The number of carboxylic acids is 1. The molecule has 15 rings (SSSR count). The number of hydrogen-bond donors (Lipinski definition) is 9. The lowest BCUT2D eigenvalue weighted by atomic mass is 9.98. The van der Waals surface area contributed by atoms with Crippen molar-refractivity contribution in [2.24, 2.45) is 0 Å². The van der Waals surface area contributed by atoms with E-state index in [2.05, 4.69) is 67.5 Å². The smallest absolute Gasteiger partial charge is 0.419 e. The fourth-order valence-corrected chi connectivity index (χ4v) is 14.7. The second-order valence-corrected chi connectivity index (χ2v) is 30.3. The molecule has 0 spiro atoms. The molecule has 6 aromatic carbocycles. The Morgan fingerprint density at radius 1 is 0.433 bits per heavy atom. The van der Waals surface area contributed by atoms with Crippen LogP contribution in [0.15, 0.2) is 128 Å². The number of fused-ring (bicyclic) bond motifs is 6. The number of amides is 7. The van der Waals surface area contributed by atoms with Crippen molar-refractivity contribution in [2.75, 3.05) is 11.1 Å². The molecule has 0 fully saturated rings. The van der Waals surface area contributed by atoms with Gasteiger partial charge in [0.15, 0.2) is 34.4 Å². The van der Waals surface area contributed by atoms with Crippen LogP contribution in [0.5, 0.6) is 0 Å². The fourth-order valence-electron chi connectivity index (χ4n) is 14.7. The number of nitrogens with zero attached hydrogens (tertiary/aromatic N) is 9. The maximum atomic E-state index is 14.6. The Hall–Kier alpha value is -14.2. The molecule has 0 radical (unpaired) electrons. The Kier molecular flexibility index (Phi) is 26.2. The summed E-state index contributed by atoms with van der Waals surface area (Å²) < 4.78 is 210. The normalized spacial score (nSPS) is 14.6. The summed E-state index contributed by atoms with van der Waals surface area (Å²) in [6.07, 6.45) is -9.51. The molecule has 27 nitrogen and oxygen atoms in total. The van der Waals surface area contributed by atoms with Crippen LogP contribution in [0.3, 0.4) is 0 Å². The van der Waals surface area contributed by atoms with Crippen molar-refractivity contribution in [3.63, 3.8) is 0 Å². The molecule has 3 aliphatic rings. The van der Waals surface area contributed by atoms with Crippen molar-refractivity contribution in [1.82, 2.24) is 75.7 Å². The Morgan fingerprint density at radius 2 is 0.756 bits per heavy atom. The molecule has 3 aliphatic carbocycles. The van der Waals surface area contributed by atoms with Crippen LogP contribution in [0, 0.1) is 55.7 Å². The Bertz CT molecular complexity index is 6450. The van der Waals surface area contributed by atoms with E-state index < -0.39 is 178 Å². The third-order valence-electron chi connectivity index (χ3n) is 21.0. The number of aromatic nitrogens is 9. The van der Waals surface area contributed by atoms with Crippen molar-refractivity contribution in [1.29, 1.82) is 0 Å². The van der Waals surface area contributed by atoms with Crippen molar-refractivity contribution in [3.8, 4) is 0 Å². The zero-order valence-corrected chi connectivity index (χ0v) is 67.8. The molecule has 10 N–H and O–H groups in total. The van der Waals surface area contributed by atoms with Crippen LogP contribution in [0.1, 0.15) is 215 Å². The summed E-state index contributed by atoms with van der Waals surface area (Å²) in [5, 5.41) is 39.3. The van der Waals surface area contributed by atoms with E-state index >= 15 is 0 Å². The minimum atomic E-state index is -4.93. The Balaban J connectivity index is 0.000000173. The van der Waals surface area contributed by atoms with Gasteiger partial charge in [0.2, 0.25) is 0 Å². The lowest BCUT2D eigenvalue weighted by molar-refractivity contribution is -0.140. The first-order chi connectivity index (χ1) is 59.3. The lowest BCUT2D eigenvalue weighted by Crippen LogP contribution is -2.31. The van der Waals surface area contributed by atoms with Crippen LogP contribution in [0.2, 0.25) is 0 Å². The first kappa shape index (κ1) is 92.0. The number of rotatable bonds is 17. The van der Waals surface area contributed by atoms with Gasteiger partial charge in [-0.25, -0.2) is 64.4 Å². The summed E-state index contributed by atoms with van der Waals surface area (Å²) >= 11 is 0. The van der Waals surface area contributed by atoms with E-state index in [1.54, 1.807) is 52.0 Å². The average molecular weight is 1800 g/mol. The predicted molar refractivity (Wildman–Crippen MR) is 424 cm³/mol. The van der Waals surface area contributed by atoms with Crippen LogP contribution in [0.4, 0.5) is 82.0 Å². The number of nitrogens with two attached hydrogens (primary N) is 1. The van der Waals surface area contributed by atoms with Gasteiger partial charge in [0.25, 0.3) is 35.4 Å². The summed E-state index contributed by atoms with van der Waals surface area (Å²) in [5.41, 5.74) is 6.64. The van der Waals surface area contributed by atoms with Gasteiger partial charge in [0.05, 0.1) is 59.0 Å². The number of carbonyl (C=O) groups is 8. The number of nitrogens with one attached hydrogen (secondary N) is 7. The van der Waals surface area contributed by atoms with E-state index in [0.29, 0.717) is 91.9 Å². The molecule has 12 aromatic rings. The molecular formula is C84H71ClF15N17O10. The van der Waals surface area contributed by atoms with Gasteiger partial charge >= 0.3 is 30.6 Å². The van der Waals surface area contributed by atoms with Gasteiger partial charge < -0.3 is 47.5 Å². The summed E-state index contributed by atoms with van der Waals surface area (Å²) in [7, 11) is 0. The zero-order valence-electron chi connectivity index (χ0n) is 67.0. The average Bonchev–Trinajstić information content (AvgIpc) is 1.63. The van der Waals surface area contributed by atoms with E-state index in [0.717, 1.165) is 113 Å². The Morgan fingerprint density at radius 3 is 1.09 bits per heavy atom. The maximum Gasteiger partial charge on any atom is 0.419 e. The van der Waals surface area contributed by atoms with Crippen LogP contribution in [-0.2, 0) is 62.2 Å². The molecule has 0 aliphatic heterocycles. The highest BCUT2D eigenvalue weighted by atomic mass is 35.5. The molecule has 0 saturated heterocycles. The van der Waals surface area contributed by atoms with Gasteiger partial charge in [-0.1, -0.05) is 36.4 Å². The highest BCUT2D eigenvalue weighted by molar-refractivity contribution is 6.01. The lowest BCUT2D eigenvalue weighted by Gasteiger charge is -2.21. The number of alkyl halides is 9. The minimum absolute atomic E-state index is 0. The fraction of sp³-hybridized carbons (Fsp3) is 0.262. The number of aromatic carboxylic acids is 1. The molecule has 664 valence electrons. The molecule has 7 amide bonds. The van der Waals surface area contributed by atoms with Gasteiger partial charge in [-0.3, -0.25) is 34.1 Å². The SMILES string of the molecule is Cc1c(C(=O)O)ccc2c1CC[C@@H]2NC(=O)c1cc(C(=O)NCc2ccc(F)c(C(F)(F)F)c2)nc2c(F)cnn12.Cc1c(N)ccc2c1CC[C@@H]2NC(=O)c1cc(C(=O)NCc2ccc(F)c(C(F)(F)F)c2)nc2c(F)cnn12.Cc1c(NC(=O)OC(C)(C)C)ccc2c1CC[C@@H]2NC(=O)c1cc(C(=O)NCc2ccc(F)c(C(F)(F)F)c2)nc2c(F)cnn12.Cl. The van der Waals surface area contributed by atoms with Crippen molar-refractivity contribution >= 4 is 88.2 Å². The number of nitrogen functional groups attached to an aromatic ring is 1. The molecule has 43 heteroatoms. The summed E-state index contributed by atoms with van der Waals surface area (Å²) in [6, 6.07) is 19.0. The summed E-state index contributed by atoms with van der Waals surface area (Å²) in [5.74, 6) is -12.9. The van der Waals surface area contributed by atoms with E-state index in [1.807, 2.05) is 19.9 Å². The minimum Gasteiger partial charge on any atom is -0.478 e. The largest absolute Gasteiger partial charge is 0.478 e. The maximum absolute atomic E-state index is 14.6. The third kappa shape index (κ3) is 20.0. The Labute approximate surface area is 713 Å². The first-order valence-electron chi connectivity index (χ1n) is 38.1. The number of carbonyl (C=O) groups excluding carboxylic acids is 7. The number of carboxylic acid groups (broad SMARTS) is 1. The summed E-state index contributed by atoms with van der Waals surface area (Å²) in [4.78, 5) is 114. The molecule has 6 heterocycles. The highest BCUT2D eigenvalue weighted by Gasteiger charge is 2.39. The van der Waals surface area contributed by atoms with Crippen LogP contribution >= 0.6 is 12.4 Å². The van der Waals surface area contributed by atoms with Crippen molar-refractivity contribution < 1.29 is 114 Å². The van der Waals surface area contributed by atoms with Crippen LogP contribution in [0.25, 0.3) is 16.9 Å². The van der Waals surface area contributed by atoms with Crippen LogP contribution in [-0.4, -0.2) is 102 Å². The third-order valence-corrected chi connectivity index (χ3v) is 21.0. The molecule has 0 saturated carbocycles. The van der Waals surface area contributed by atoms with E-state index in [-0.39, 0.29) is 69.1 Å².